The number of hydrogen-bond acceptors (Lipinski definition) is 3. The lowest BCUT2D eigenvalue weighted by molar-refractivity contribution is 0.0963. The number of fused-ring (bicyclic) bond motifs is 1. The molecule has 0 amide bonds. The lowest BCUT2D eigenvalue weighted by atomic mass is 9.89. The van der Waals surface area contributed by atoms with Gasteiger partial charge in [0.15, 0.2) is 11.9 Å². The number of para-hydroxylation sites is 1. The molecule has 0 bridgehead atoms. The average Bonchev–Trinajstić information content (AvgIpc) is 2.71. The summed E-state index contributed by atoms with van der Waals surface area (Å²) in [6, 6.07) is 24.8. The van der Waals surface area contributed by atoms with Crippen molar-refractivity contribution in [3.8, 4) is 11.5 Å². The SMILES string of the molecule is COc1cccc(/C=C2\C(=O)c3ccccc3OC2c2ccccc2)c1. The first-order valence-electron chi connectivity index (χ1n) is 8.47. The molecule has 3 aromatic carbocycles. The lowest BCUT2D eigenvalue weighted by Gasteiger charge is -2.28. The fraction of sp³-hybridized carbons (Fsp3) is 0.0870. The van der Waals surface area contributed by atoms with Crippen molar-refractivity contribution in [1.29, 1.82) is 0 Å². The number of ketones is 1. The molecule has 1 atom stereocenters. The normalized spacial score (nSPS) is 17.5. The van der Waals surface area contributed by atoms with Crippen LogP contribution >= 0.6 is 0 Å². The van der Waals surface area contributed by atoms with Gasteiger partial charge >= 0.3 is 0 Å². The summed E-state index contributed by atoms with van der Waals surface area (Å²) in [7, 11) is 1.63. The summed E-state index contributed by atoms with van der Waals surface area (Å²) < 4.78 is 11.5. The predicted molar refractivity (Wildman–Crippen MR) is 102 cm³/mol. The summed E-state index contributed by atoms with van der Waals surface area (Å²) in [5, 5.41) is 0. The van der Waals surface area contributed by atoms with Gasteiger partial charge in [-0.05, 0) is 41.5 Å². The molecule has 128 valence electrons. The highest BCUT2D eigenvalue weighted by atomic mass is 16.5. The van der Waals surface area contributed by atoms with Gasteiger partial charge < -0.3 is 9.47 Å². The van der Waals surface area contributed by atoms with E-state index in [0.29, 0.717) is 16.9 Å². The summed E-state index contributed by atoms with van der Waals surface area (Å²) in [4.78, 5) is 13.2. The zero-order valence-electron chi connectivity index (χ0n) is 14.4. The maximum atomic E-state index is 13.2. The predicted octanol–water partition coefficient (Wildman–Crippen LogP) is 5.10. The molecule has 0 radical (unpaired) electrons. The standard InChI is InChI=1S/C23H18O3/c1-25-18-11-7-8-16(14-18)15-20-22(24)19-12-5-6-13-21(19)26-23(20)17-9-3-2-4-10-17/h2-15,23H,1H3/b20-15+. The monoisotopic (exact) mass is 342 g/mol. The Balaban J connectivity index is 1.85. The quantitative estimate of drug-likeness (QED) is 0.622. The third-order valence-electron chi connectivity index (χ3n) is 4.44. The molecule has 1 heterocycles. The lowest BCUT2D eigenvalue weighted by Crippen LogP contribution is -2.23. The number of ether oxygens (including phenoxy) is 2. The van der Waals surface area contributed by atoms with E-state index in [-0.39, 0.29) is 5.78 Å². The van der Waals surface area contributed by atoms with Gasteiger partial charge in [0.1, 0.15) is 11.5 Å². The topological polar surface area (TPSA) is 35.5 Å². The number of Topliss-reactive ketones (excluding diaryl/α,β-unsaturated/α-hetero) is 1. The summed E-state index contributed by atoms with van der Waals surface area (Å²) in [6.07, 6.45) is 1.45. The zero-order chi connectivity index (χ0) is 17.9. The van der Waals surface area contributed by atoms with Crippen LogP contribution in [0.5, 0.6) is 11.5 Å². The van der Waals surface area contributed by atoms with Crippen LogP contribution < -0.4 is 9.47 Å². The van der Waals surface area contributed by atoms with E-state index in [2.05, 4.69) is 0 Å². The van der Waals surface area contributed by atoms with Gasteiger partial charge in [-0.1, -0.05) is 54.6 Å². The summed E-state index contributed by atoms with van der Waals surface area (Å²) in [6.45, 7) is 0. The number of rotatable bonds is 3. The van der Waals surface area contributed by atoms with Crippen LogP contribution in [0.25, 0.3) is 6.08 Å². The number of benzene rings is 3. The Labute approximate surface area is 152 Å². The van der Waals surface area contributed by atoms with Gasteiger partial charge in [-0.3, -0.25) is 4.79 Å². The molecule has 26 heavy (non-hydrogen) atoms. The highest BCUT2D eigenvalue weighted by molar-refractivity contribution is 6.14. The Morgan fingerprint density at radius 2 is 1.69 bits per heavy atom. The van der Waals surface area contributed by atoms with Gasteiger partial charge in [0.05, 0.1) is 12.7 Å². The van der Waals surface area contributed by atoms with Crippen LogP contribution in [0.3, 0.4) is 0 Å². The number of carbonyl (C=O) groups is 1. The minimum Gasteiger partial charge on any atom is -0.497 e. The van der Waals surface area contributed by atoms with Crippen molar-refractivity contribution in [3.05, 3.63) is 101 Å². The Morgan fingerprint density at radius 3 is 2.50 bits per heavy atom. The number of carbonyl (C=O) groups excluding carboxylic acids is 1. The second-order valence-electron chi connectivity index (χ2n) is 6.11. The third-order valence-corrected chi connectivity index (χ3v) is 4.44. The molecule has 0 aromatic heterocycles. The van der Waals surface area contributed by atoms with E-state index in [1.807, 2.05) is 78.9 Å². The van der Waals surface area contributed by atoms with E-state index in [1.54, 1.807) is 13.2 Å². The minimum atomic E-state index is -0.440. The fourth-order valence-corrected chi connectivity index (χ4v) is 3.15. The molecule has 4 rings (SSSR count). The van der Waals surface area contributed by atoms with Crippen molar-refractivity contribution in [2.45, 2.75) is 6.10 Å². The van der Waals surface area contributed by atoms with E-state index < -0.39 is 6.10 Å². The van der Waals surface area contributed by atoms with Gasteiger partial charge in [-0.25, -0.2) is 0 Å². The minimum absolute atomic E-state index is 0.0106. The van der Waals surface area contributed by atoms with Crippen molar-refractivity contribution in [3.63, 3.8) is 0 Å². The molecule has 0 saturated carbocycles. The van der Waals surface area contributed by atoms with E-state index in [1.165, 1.54) is 0 Å². The molecule has 0 fully saturated rings. The van der Waals surface area contributed by atoms with Gasteiger partial charge in [0.2, 0.25) is 0 Å². The molecule has 0 N–H and O–H groups in total. The molecule has 1 aliphatic heterocycles. The second-order valence-corrected chi connectivity index (χ2v) is 6.11. The van der Waals surface area contributed by atoms with Crippen molar-refractivity contribution >= 4 is 11.9 Å². The molecule has 3 aromatic rings. The van der Waals surface area contributed by atoms with Crippen molar-refractivity contribution in [1.82, 2.24) is 0 Å². The molecule has 3 heteroatoms. The van der Waals surface area contributed by atoms with E-state index in [9.17, 15) is 4.79 Å². The largest absolute Gasteiger partial charge is 0.497 e. The highest BCUT2D eigenvalue weighted by Gasteiger charge is 2.32. The second kappa shape index (κ2) is 6.89. The van der Waals surface area contributed by atoms with Gasteiger partial charge in [-0.15, -0.1) is 0 Å². The Morgan fingerprint density at radius 1 is 0.923 bits per heavy atom. The fourth-order valence-electron chi connectivity index (χ4n) is 3.15. The van der Waals surface area contributed by atoms with Crippen LogP contribution in [-0.2, 0) is 0 Å². The van der Waals surface area contributed by atoms with E-state index >= 15 is 0 Å². The first-order chi connectivity index (χ1) is 12.8. The van der Waals surface area contributed by atoms with E-state index in [0.717, 1.165) is 16.9 Å². The van der Waals surface area contributed by atoms with Crippen LogP contribution in [-0.4, -0.2) is 12.9 Å². The van der Waals surface area contributed by atoms with Gasteiger partial charge in [0.25, 0.3) is 0 Å². The Bertz CT molecular complexity index is 974. The maximum absolute atomic E-state index is 13.2. The number of methoxy groups -OCH3 is 1. The number of hydrogen-bond donors (Lipinski definition) is 0. The third kappa shape index (κ3) is 3.00. The molecule has 0 aliphatic carbocycles. The molecule has 1 aliphatic rings. The highest BCUT2D eigenvalue weighted by Crippen LogP contribution is 2.39. The van der Waals surface area contributed by atoms with Crippen molar-refractivity contribution in [2.24, 2.45) is 0 Å². The summed E-state index contributed by atoms with van der Waals surface area (Å²) in [5.74, 6) is 1.36. The van der Waals surface area contributed by atoms with E-state index in [4.69, 9.17) is 9.47 Å². The van der Waals surface area contributed by atoms with Crippen LogP contribution in [0, 0.1) is 0 Å². The first-order valence-corrected chi connectivity index (χ1v) is 8.47. The van der Waals surface area contributed by atoms with Gasteiger partial charge in [0, 0.05) is 5.57 Å². The van der Waals surface area contributed by atoms with Crippen LogP contribution in [0.4, 0.5) is 0 Å². The molecule has 1 unspecified atom stereocenters. The maximum Gasteiger partial charge on any atom is 0.196 e. The smallest absolute Gasteiger partial charge is 0.196 e. The molecule has 3 nitrogen and oxygen atoms in total. The molecular formula is C23H18O3. The Hall–Kier alpha value is -3.33. The average molecular weight is 342 g/mol. The van der Waals surface area contributed by atoms with Crippen LogP contribution in [0.15, 0.2) is 84.4 Å². The molecule has 0 saturated heterocycles. The molecular weight excluding hydrogens is 324 g/mol. The van der Waals surface area contributed by atoms with Crippen molar-refractivity contribution in [2.75, 3.05) is 7.11 Å². The van der Waals surface area contributed by atoms with Gasteiger partial charge in [-0.2, -0.15) is 0 Å². The summed E-state index contributed by atoms with van der Waals surface area (Å²) in [5.41, 5.74) is 3.05. The van der Waals surface area contributed by atoms with Crippen molar-refractivity contribution < 1.29 is 14.3 Å². The first kappa shape index (κ1) is 16.2. The molecule has 0 spiro atoms. The van der Waals surface area contributed by atoms with Crippen LogP contribution in [0.1, 0.15) is 27.6 Å². The van der Waals surface area contributed by atoms with Crippen LogP contribution in [0.2, 0.25) is 0 Å². The summed E-state index contributed by atoms with van der Waals surface area (Å²) >= 11 is 0. The zero-order valence-corrected chi connectivity index (χ0v) is 14.4. The Kier molecular flexibility index (Phi) is 4.28.